The van der Waals surface area contributed by atoms with Crippen LogP contribution in [0.3, 0.4) is 0 Å². The van der Waals surface area contributed by atoms with Crippen LogP contribution in [-0.4, -0.2) is 87.6 Å². The molecule has 0 bridgehead atoms. The SMILES string of the molecule is C=C(C)C(=O)OCCCC(=O)C(Cc1ccc(OC(=O)OCOC)cc1)NC(=O)CCc1cc(I)c(OC(=O)Oc2c(I)cc(CC(=O)OCCCOC(=O)Cc3cc(I)c(OC(C)=O)c(I)c3)cc2I)c(I)c1. The van der Waals surface area contributed by atoms with Crippen molar-refractivity contribution in [3.8, 4) is 23.0 Å². The van der Waals surface area contributed by atoms with Crippen LogP contribution < -0.4 is 24.3 Å². The van der Waals surface area contributed by atoms with E-state index < -0.39 is 42.2 Å². The molecule has 0 heterocycles. The number of hydrogen-bond acceptors (Lipinski definition) is 17. The summed E-state index contributed by atoms with van der Waals surface area (Å²) in [6, 6.07) is 15.9. The second-order valence-electron chi connectivity index (χ2n) is 15.7. The number of Topliss-reactive ketones (excluding diaryl/α,β-unsaturated/α-hetero) is 1. The molecule has 0 aliphatic rings. The average molecular weight is 1700 g/mol. The maximum Gasteiger partial charge on any atom is 0.519 e. The van der Waals surface area contributed by atoms with Gasteiger partial charge in [-0.1, -0.05) is 18.7 Å². The van der Waals surface area contributed by atoms with E-state index in [-0.39, 0.29) is 106 Å². The molecule has 4 rings (SSSR count). The largest absolute Gasteiger partial charge is 0.519 e. The second kappa shape index (κ2) is 32.3. The smallest absolute Gasteiger partial charge is 0.465 e. The Labute approximate surface area is 508 Å². The highest BCUT2D eigenvalue weighted by Crippen LogP contribution is 2.33. The van der Waals surface area contributed by atoms with E-state index in [1.54, 1.807) is 48.5 Å². The van der Waals surface area contributed by atoms with Crippen molar-refractivity contribution in [2.75, 3.05) is 33.7 Å². The van der Waals surface area contributed by atoms with Gasteiger partial charge in [0.25, 0.3) is 0 Å². The molecular weight excluding hydrogens is 1650 g/mol. The summed E-state index contributed by atoms with van der Waals surface area (Å²) in [6.07, 6.45) is -1.00. The van der Waals surface area contributed by atoms with Gasteiger partial charge in [0.2, 0.25) is 5.91 Å². The third-order valence-corrected chi connectivity index (χ3v) is 14.5. The van der Waals surface area contributed by atoms with E-state index in [4.69, 9.17) is 42.6 Å². The van der Waals surface area contributed by atoms with E-state index in [0.717, 1.165) is 5.56 Å². The van der Waals surface area contributed by atoms with Gasteiger partial charge in [0.15, 0.2) is 29.8 Å². The molecule has 396 valence electrons. The summed E-state index contributed by atoms with van der Waals surface area (Å²) >= 11 is 12.1. The molecule has 0 spiro atoms. The number of methoxy groups -OCH3 is 1. The van der Waals surface area contributed by atoms with Crippen LogP contribution in [0.4, 0.5) is 9.59 Å². The number of benzene rings is 4. The molecule has 4 aromatic carbocycles. The van der Waals surface area contributed by atoms with Crippen molar-refractivity contribution >= 4 is 183 Å². The molecule has 0 aliphatic carbocycles. The lowest BCUT2D eigenvalue weighted by Gasteiger charge is -2.19. The first-order chi connectivity index (χ1) is 35.1. The summed E-state index contributed by atoms with van der Waals surface area (Å²) in [5.74, 6) is -1.48. The standard InChI is InChI=1S/C50H47I6NO17/c1-27(2)48(63)69-14-5-7-41(59)40(23-29-8-11-33(12-9-29)72-49(64)70-26-66-4)57-42(60)13-10-30-17-34(51)46(35(52)18-30)73-50(65)74-47-38(55)21-32(22-39(47)56)25-44(62)68-16-6-15-67-43(61)24-31-19-36(53)45(37(54)20-31)71-28(3)58/h8-9,11-12,17-22,40H,1,5-7,10,13-16,23-26H2,2-4H3,(H,57,60). The summed E-state index contributed by atoms with van der Waals surface area (Å²) in [4.78, 5) is 100. The number of ether oxygens (including phenoxy) is 9. The molecule has 0 fully saturated rings. The minimum Gasteiger partial charge on any atom is -0.465 e. The third kappa shape index (κ3) is 22.2. The Morgan fingerprint density at radius 2 is 1.03 bits per heavy atom. The van der Waals surface area contributed by atoms with Gasteiger partial charge < -0.3 is 47.9 Å². The van der Waals surface area contributed by atoms with Gasteiger partial charge in [-0.3, -0.25) is 24.0 Å². The lowest BCUT2D eigenvalue weighted by Crippen LogP contribution is -2.42. The Kier molecular flexibility index (Phi) is 27.5. The van der Waals surface area contributed by atoms with Gasteiger partial charge in [-0.15, -0.1) is 0 Å². The van der Waals surface area contributed by atoms with E-state index in [0.29, 0.717) is 50.3 Å². The Morgan fingerprint density at radius 1 is 0.554 bits per heavy atom. The molecular formula is C50H47I6NO17. The molecule has 1 unspecified atom stereocenters. The summed E-state index contributed by atoms with van der Waals surface area (Å²) in [5, 5.41) is 2.85. The molecule has 1 atom stereocenters. The maximum atomic E-state index is 13.4. The van der Waals surface area contributed by atoms with Crippen molar-refractivity contribution in [3.63, 3.8) is 0 Å². The fourth-order valence-corrected chi connectivity index (χ4v) is 12.7. The number of esters is 4. The van der Waals surface area contributed by atoms with Crippen LogP contribution in [0, 0.1) is 21.4 Å². The molecule has 18 nitrogen and oxygen atoms in total. The van der Waals surface area contributed by atoms with Gasteiger partial charge in [0.1, 0.15) is 5.75 Å². The number of ketones is 1. The number of carbonyl (C=O) groups excluding carboxylic acids is 8. The second-order valence-corrected chi connectivity index (χ2v) is 22.7. The normalized spacial score (nSPS) is 11.1. The molecule has 4 aromatic rings. The van der Waals surface area contributed by atoms with Gasteiger partial charge in [-0.2, -0.15) is 0 Å². The van der Waals surface area contributed by atoms with Gasteiger partial charge in [0.05, 0.1) is 60.1 Å². The molecule has 0 saturated heterocycles. The van der Waals surface area contributed by atoms with Crippen molar-refractivity contribution in [2.24, 2.45) is 0 Å². The Hall–Kier alpha value is -3.48. The molecule has 0 aliphatic heterocycles. The Balaban J connectivity index is 1.26. The van der Waals surface area contributed by atoms with Crippen molar-refractivity contribution < 1.29 is 81.0 Å². The van der Waals surface area contributed by atoms with Crippen LogP contribution in [0.15, 0.2) is 72.8 Å². The number of hydrogen-bond donors (Lipinski definition) is 1. The highest BCUT2D eigenvalue weighted by Gasteiger charge is 2.24. The summed E-state index contributed by atoms with van der Waals surface area (Å²) in [7, 11) is 1.36. The number of carbonyl (C=O) groups is 8. The fourth-order valence-electron chi connectivity index (χ4n) is 6.32. The van der Waals surface area contributed by atoms with Crippen LogP contribution in [0.5, 0.6) is 23.0 Å². The molecule has 1 amide bonds. The van der Waals surface area contributed by atoms with E-state index in [9.17, 15) is 38.4 Å². The van der Waals surface area contributed by atoms with Crippen molar-refractivity contribution in [1.29, 1.82) is 0 Å². The number of nitrogens with one attached hydrogen (secondary N) is 1. The van der Waals surface area contributed by atoms with Crippen LogP contribution in [0.2, 0.25) is 0 Å². The molecule has 74 heavy (non-hydrogen) atoms. The quantitative estimate of drug-likeness (QED) is 0.00900. The lowest BCUT2D eigenvalue weighted by molar-refractivity contribution is -0.145. The number of rotatable bonds is 26. The van der Waals surface area contributed by atoms with Crippen molar-refractivity contribution in [3.05, 3.63) is 116 Å². The predicted molar refractivity (Wildman–Crippen MR) is 317 cm³/mol. The Bertz CT molecular complexity index is 2660. The summed E-state index contributed by atoms with van der Waals surface area (Å²) in [5.41, 5.74) is 2.99. The highest BCUT2D eigenvalue weighted by atomic mass is 127. The monoisotopic (exact) mass is 1690 g/mol. The first-order valence-corrected chi connectivity index (χ1v) is 28.5. The maximum absolute atomic E-state index is 13.4. The lowest BCUT2D eigenvalue weighted by atomic mass is 9.99. The molecule has 0 aromatic heterocycles. The van der Waals surface area contributed by atoms with Crippen molar-refractivity contribution in [2.45, 2.75) is 71.3 Å². The first-order valence-electron chi connectivity index (χ1n) is 22.0. The van der Waals surface area contributed by atoms with E-state index >= 15 is 0 Å². The number of amides is 1. The first kappa shape index (κ1) is 63.1. The zero-order valence-electron chi connectivity index (χ0n) is 39.8. The molecule has 0 saturated carbocycles. The molecule has 24 heteroatoms. The van der Waals surface area contributed by atoms with Gasteiger partial charge in [-0.25, -0.2) is 14.4 Å². The average Bonchev–Trinajstić information content (AvgIpc) is 3.32. The summed E-state index contributed by atoms with van der Waals surface area (Å²) in [6.45, 7) is 6.19. The molecule has 1 N–H and O–H groups in total. The predicted octanol–water partition coefficient (Wildman–Crippen LogP) is 10.3. The van der Waals surface area contributed by atoms with Crippen LogP contribution >= 0.6 is 136 Å². The highest BCUT2D eigenvalue weighted by molar-refractivity contribution is 14.1. The van der Waals surface area contributed by atoms with Gasteiger partial charge >= 0.3 is 36.2 Å². The summed E-state index contributed by atoms with van der Waals surface area (Å²) < 4.78 is 50.5. The number of aryl methyl sites for hydroxylation is 1. The van der Waals surface area contributed by atoms with Crippen molar-refractivity contribution in [1.82, 2.24) is 5.32 Å². The minimum absolute atomic E-state index is 0.00189. The zero-order chi connectivity index (χ0) is 54.5. The third-order valence-electron chi connectivity index (χ3n) is 9.68. The zero-order valence-corrected chi connectivity index (χ0v) is 52.7. The van der Waals surface area contributed by atoms with Crippen LogP contribution in [0.25, 0.3) is 0 Å². The topological polar surface area (TPSA) is 232 Å². The van der Waals surface area contributed by atoms with Gasteiger partial charge in [-0.05, 0) is 233 Å². The van der Waals surface area contributed by atoms with E-state index in [2.05, 4.69) is 11.9 Å². The van der Waals surface area contributed by atoms with E-state index in [1.807, 2.05) is 136 Å². The molecule has 0 radical (unpaired) electrons. The number of halogens is 6. The van der Waals surface area contributed by atoms with E-state index in [1.165, 1.54) is 33.1 Å². The minimum atomic E-state index is -0.991. The fraction of sp³-hybridized carbons (Fsp3) is 0.320. The van der Waals surface area contributed by atoms with Gasteiger partial charge in [0, 0.05) is 38.9 Å². The Morgan fingerprint density at radius 3 is 1.50 bits per heavy atom. The van der Waals surface area contributed by atoms with Crippen LogP contribution in [-0.2, 0) is 78.1 Å². The van der Waals surface area contributed by atoms with Crippen LogP contribution in [0.1, 0.15) is 61.8 Å².